The molecule has 0 spiro atoms. The molecule has 0 saturated carbocycles. The molecule has 0 N–H and O–H groups in total. The molecule has 2 heterocycles. The first-order valence-corrected chi connectivity index (χ1v) is 10.0. The van der Waals surface area contributed by atoms with Crippen LogP contribution in [0.4, 0.5) is 0 Å². The van der Waals surface area contributed by atoms with Crippen LogP contribution < -0.4 is 0 Å². The zero-order chi connectivity index (χ0) is 18.4. The normalized spacial score (nSPS) is 40.5. The third-order valence-corrected chi connectivity index (χ3v) is 6.47. The summed E-state index contributed by atoms with van der Waals surface area (Å²) in [6.07, 6.45) is 6.53. The first-order chi connectivity index (χ1) is 11.7. The highest BCUT2D eigenvalue weighted by Crippen LogP contribution is 2.50. The largest absolute Gasteiger partial charge is 0.459 e. The van der Waals surface area contributed by atoms with Gasteiger partial charge in [0, 0.05) is 24.5 Å². The zero-order valence-corrected chi connectivity index (χ0v) is 16.7. The molecule has 0 aromatic rings. The minimum absolute atomic E-state index is 0.0139. The van der Waals surface area contributed by atoms with Crippen molar-refractivity contribution in [2.45, 2.75) is 97.1 Å². The van der Waals surface area contributed by atoms with E-state index in [-0.39, 0.29) is 35.6 Å². The highest BCUT2D eigenvalue weighted by molar-refractivity contribution is 5.76. The third-order valence-electron chi connectivity index (χ3n) is 6.47. The molecular weight excluding hydrogens is 314 g/mol. The predicted molar refractivity (Wildman–Crippen MR) is 99.3 cm³/mol. The van der Waals surface area contributed by atoms with Gasteiger partial charge in [0.05, 0.1) is 11.5 Å². The Labute approximate surface area is 152 Å². The van der Waals surface area contributed by atoms with Gasteiger partial charge in [-0.1, -0.05) is 11.6 Å². The van der Waals surface area contributed by atoms with Crippen molar-refractivity contribution in [3.8, 4) is 0 Å². The smallest absolute Gasteiger partial charge is 0.311 e. The molecule has 0 aromatic carbocycles. The number of ether oxygens (including phenoxy) is 2. The lowest BCUT2D eigenvalue weighted by Crippen LogP contribution is -2.43. The fourth-order valence-electron chi connectivity index (χ4n) is 4.79. The van der Waals surface area contributed by atoms with E-state index < -0.39 is 0 Å². The van der Waals surface area contributed by atoms with Crippen molar-refractivity contribution in [3.05, 3.63) is 11.6 Å². The van der Waals surface area contributed by atoms with Crippen molar-refractivity contribution < 1.29 is 14.3 Å². The topological polar surface area (TPSA) is 42.1 Å². The van der Waals surface area contributed by atoms with E-state index in [9.17, 15) is 4.79 Å². The van der Waals surface area contributed by atoms with E-state index in [2.05, 4.69) is 52.5 Å². The molecule has 0 aromatic heterocycles. The third kappa shape index (κ3) is 3.80. The van der Waals surface area contributed by atoms with Gasteiger partial charge >= 0.3 is 5.97 Å². The summed E-state index contributed by atoms with van der Waals surface area (Å²) in [6.45, 7) is 14.0. The number of epoxide rings is 1. The van der Waals surface area contributed by atoms with E-state index in [4.69, 9.17) is 9.47 Å². The number of hydrogen-bond donors (Lipinski definition) is 0. The molecule has 5 atom stereocenters. The van der Waals surface area contributed by atoms with Gasteiger partial charge in [0.25, 0.3) is 0 Å². The van der Waals surface area contributed by atoms with Gasteiger partial charge in [-0.15, -0.1) is 0 Å². The summed E-state index contributed by atoms with van der Waals surface area (Å²) < 4.78 is 12.0. The minimum atomic E-state index is -0.109. The second-order valence-corrected chi connectivity index (χ2v) is 9.04. The van der Waals surface area contributed by atoms with Crippen LogP contribution in [0.25, 0.3) is 0 Å². The first-order valence-electron chi connectivity index (χ1n) is 10.0. The van der Waals surface area contributed by atoms with Crippen LogP contribution in [0.2, 0.25) is 0 Å². The Morgan fingerprint density at radius 2 is 1.96 bits per heavy atom. The van der Waals surface area contributed by atoms with Crippen LogP contribution in [-0.4, -0.2) is 47.3 Å². The molecule has 0 radical (unpaired) electrons. The molecule has 0 bridgehead atoms. The zero-order valence-electron chi connectivity index (χ0n) is 16.7. The quantitative estimate of drug-likeness (QED) is 0.438. The van der Waals surface area contributed by atoms with E-state index in [1.807, 2.05) is 0 Å². The van der Waals surface area contributed by atoms with Gasteiger partial charge < -0.3 is 9.47 Å². The van der Waals surface area contributed by atoms with E-state index >= 15 is 0 Å². The summed E-state index contributed by atoms with van der Waals surface area (Å²) in [7, 11) is 0. The molecule has 25 heavy (non-hydrogen) atoms. The van der Waals surface area contributed by atoms with Crippen molar-refractivity contribution in [3.63, 3.8) is 0 Å². The van der Waals surface area contributed by atoms with Gasteiger partial charge in [-0.3, -0.25) is 9.69 Å². The van der Waals surface area contributed by atoms with Gasteiger partial charge in [-0.25, -0.2) is 0 Å². The van der Waals surface area contributed by atoms with Crippen LogP contribution in [0.5, 0.6) is 0 Å². The SMILES string of the molecule is C/C1=C/CC[C@@]2(C)O[C@H]2[C@H]2OC(=O)[C@@H](CN(C(C)C)C(C)C)[C@@H]2CC1. The van der Waals surface area contributed by atoms with Gasteiger partial charge in [0.1, 0.15) is 12.2 Å². The standard InChI is InChI=1S/C21H35NO3/c1-13(2)22(14(3)4)12-17-16-10-9-15(5)8-7-11-21(6)19(25-21)18(16)24-20(17)23/h8,13-14,16-19H,7,9-12H2,1-6H3/b15-8-/t16-,17-,18-,19-,21+/m0/s1. The van der Waals surface area contributed by atoms with E-state index in [0.717, 1.165) is 32.2 Å². The van der Waals surface area contributed by atoms with Gasteiger partial charge in [0.15, 0.2) is 0 Å². The molecule has 0 amide bonds. The van der Waals surface area contributed by atoms with Crippen LogP contribution >= 0.6 is 0 Å². The maximum Gasteiger partial charge on any atom is 0.311 e. The highest BCUT2D eigenvalue weighted by Gasteiger charge is 2.62. The molecule has 2 aliphatic heterocycles. The molecule has 3 aliphatic rings. The van der Waals surface area contributed by atoms with E-state index in [0.29, 0.717) is 12.1 Å². The van der Waals surface area contributed by atoms with Crippen LogP contribution in [0.3, 0.4) is 0 Å². The summed E-state index contributed by atoms with van der Waals surface area (Å²) in [5.41, 5.74) is 1.33. The Morgan fingerprint density at radius 3 is 2.60 bits per heavy atom. The first kappa shape index (κ1) is 18.9. The van der Waals surface area contributed by atoms with Gasteiger partial charge in [-0.05, 0) is 67.2 Å². The Balaban J connectivity index is 1.82. The monoisotopic (exact) mass is 349 g/mol. The molecule has 4 heteroatoms. The maximum absolute atomic E-state index is 12.7. The minimum Gasteiger partial charge on any atom is -0.459 e. The van der Waals surface area contributed by atoms with Crippen LogP contribution in [0, 0.1) is 11.8 Å². The number of carbonyl (C=O) groups is 1. The highest BCUT2D eigenvalue weighted by atomic mass is 16.6. The molecule has 2 saturated heterocycles. The maximum atomic E-state index is 12.7. The Hall–Kier alpha value is -0.870. The second kappa shape index (κ2) is 7.03. The Bertz CT molecular complexity index is 533. The van der Waals surface area contributed by atoms with Crippen LogP contribution in [0.1, 0.15) is 67.2 Å². The fourth-order valence-corrected chi connectivity index (χ4v) is 4.79. The lowest BCUT2D eigenvalue weighted by Gasteiger charge is -2.33. The number of hydrogen-bond acceptors (Lipinski definition) is 4. The lowest BCUT2D eigenvalue weighted by molar-refractivity contribution is -0.145. The van der Waals surface area contributed by atoms with Gasteiger partial charge in [-0.2, -0.15) is 0 Å². The average molecular weight is 350 g/mol. The number of fused-ring (bicyclic) bond motifs is 3. The van der Waals surface area contributed by atoms with Crippen LogP contribution in [-0.2, 0) is 14.3 Å². The number of rotatable bonds is 4. The number of carbonyl (C=O) groups excluding carboxylic acids is 1. The van der Waals surface area contributed by atoms with Crippen LogP contribution in [0.15, 0.2) is 11.6 Å². The average Bonchev–Trinajstić information content (AvgIpc) is 3.08. The number of allylic oxidation sites excluding steroid dienone is 2. The van der Waals surface area contributed by atoms with E-state index in [1.54, 1.807) is 0 Å². The van der Waals surface area contributed by atoms with Crippen molar-refractivity contribution >= 4 is 5.97 Å². The molecular formula is C21H35NO3. The second-order valence-electron chi connectivity index (χ2n) is 9.04. The van der Waals surface area contributed by atoms with Crippen molar-refractivity contribution in [1.82, 2.24) is 4.90 Å². The van der Waals surface area contributed by atoms with Crippen molar-refractivity contribution in [2.75, 3.05) is 6.54 Å². The number of nitrogens with zero attached hydrogens (tertiary/aromatic N) is 1. The Kier molecular flexibility index (Phi) is 5.32. The van der Waals surface area contributed by atoms with Crippen molar-refractivity contribution in [1.29, 1.82) is 0 Å². The predicted octanol–water partition coefficient (Wildman–Crippen LogP) is 3.94. The summed E-state index contributed by atoms with van der Waals surface area (Å²) in [5.74, 6) is 0.219. The molecule has 2 fully saturated rings. The lowest BCUT2D eigenvalue weighted by atomic mass is 9.80. The molecule has 3 rings (SSSR count). The summed E-state index contributed by atoms with van der Waals surface area (Å²) >= 11 is 0. The summed E-state index contributed by atoms with van der Waals surface area (Å²) in [4.78, 5) is 15.2. The molecule has 0 unspecified atom stereocenters. The summed E-state index contributed by atoms with van der Waals surface area (Å²) in [5, 5.41) is 0. The van der Waals surface area contributed by atoms with Gasteiger partial charge in [0.2, 0.25) is 0 Å². The Morgan fingerprint density at radius 1 is 1.28 bits per heavy atom. The van der Waals surface area contributed by atoms with E-state index in [1.165, 1.54) is 5.57 Å². The molecule has 4 nitrogen and oxygen atoms in total. The molecule has 1 aliphatic carbocycles. The fraction of sp³-hybridized carbons (Fsp3) is 0.857. The van der Waals surface area contributed by atoms with Crippen molar-refractivity contribution in [2.24, 2.45) is 11.8 Å². The molecule has 142 valence electrons. The summed E-state index contributed by atoms with van der Waals surface area (Å²) in [6, 6.07) is 0.853. The number of esters is 1.